The third-order valence-electron chi connectivity index (χ3n) is 3.47. The standard InChI is InChI=1S/C14H16BrIN2/c15-13-3-1-12(2-4-13)11-18-9-6-14(16,5-8-17)7-10-18/h1-4H,5-7,9-11H2. The molecule has 1 saturated heterocycles. The largest absolute Gasteiger partial charge is 0.299 e. The van der Waals surface area contributed by atoms with E-state index in [2.05, 4.69) is 73.8 Å². The van der Waals surface area contributed by atoms with E-state index in [1.807, 2.05) is 0 Å². The van der Waals surface area contributed by atoms with Gasteiger partial charge in [0.1, 0.15) is 0 Å². The van der Waals surface area contributed by atoms with Crippen LogP contribution in [0.25, 0.3) is 0 Å². The Labute approximate surface area is 131 Å². The van der Waals surface area contributed by atoms with Crippen LogP contribution in [0.2, 0.25) is 0 Å². The molecule has 18 heavy (non-hydrogen) atoms. The molecule has 0 spiro atoms. The van der Waals surface area contributed by atoms with Crippen molar-refractivity contribution in [3.63, 3.8) is 0 Å². The summed E-state index contributed by atoms with van der Waals surface area (Å²) < 4.78 is 1.34. The van der Waals surface area contributed by atoms with Gasteiger partial charge in [-0.3, -0.25) is 4.90 Å². The summed E-state index contributed by atoms with van der Waals surface area (Å²) in [5.74, 6) is 0. The summed E-state index contributed by atoms with van der Waals surface area (Å²) >= 11 is 5.94. The quantitative estimate of drug-likeness (QED) is 0.545. The number of piperidine rings is 1. The van der Waals surface area contributed by atoms with Crippen LogP contribution in [0.4, 0.5) is 0 Å². The molecule has 0 radical (unpaired) electrons. The lowest BCUT2D eigenvalue weighted by Gasteiger charge is -2.36. The summed E-state index contributed by atoms with van der Waals surface area (Å²) in [5, 5.41) is 8.84. The van der Waals surface area contributed by atoms with Crippen LogP contribution in [0, 0.1) is 11.3 Å². The molecule has 96 valence electrons. The lowest BCUT2D eigenvalue weighted by Crippen LogP contribution is -2.40. The van der Waals surface area contributed by atoms with E-state index in [-0.39, 0.29) is 3.42 Å². The van der Waals surface area contributed by atoms with E-state index in [1.54, 1.807) is 0 Å². The predicted octanol–water partition coefficient (Wildman–Crippen LogP) is 4.13. The van der Waals surface area contributed by atoms with Gasteiger partial charge >= 0.3 is 0 Å². The maximum Gasteiger partial charge on any atom is 0.0635 e. The molecular formula is C14H16BrIN2. The molecule has 0 N–H and O–H groups in total. The van der Waals surface area contributed by atoms with Crippen molar-refractivity contribution in [1.82, 2.24) is 4.90 Å². The van der Waals surface area contributed by atoms with Crippen LogP contribution in [0.3, 0.4) is 0 Å². The number of halogens is 2. The van der Waals surface area contributed by atoms with Gasteiger partial charge in [0.15, 0.2) is 0 Å². The van der Waals surface area contributed by atoms with Gasteiger partial charge in [-0.2, -0.15) is 5.26 Å². The van der Waals surface area contributed by atoms with E-state index in [0.29, 0.717) is 6.42 Å². The Kier molecular flexibility index (Phi) is 5.05. The zero-order valence-corrected chi connectivity index (χ0v) is 13.9. The fourth-order valence-corrected chi connectivity index (χ4v) is 3.20. The Balaban J connectivity index is 1.87. The Morgan fingerprint density at radius 2 is 1.89 bits per heavy atom. The van der Waals surface area contributed by atoms with Crippen molar-refractivity contribution in [1.29, 1.82) is 5.26 Å². The van der Waals surface area contributed by atoms with Gasteiger partial charge in [-0.05, 0) is 43.6 Å². The minimum atomic E-state index is 0.211. The molecule has 1 aromatic rings. The van der Waals surface area contributed by atoms with Gasteiger partial charge in [0.2, 0.25) is 0 Å². The van der Waals surface area contributed by atoms with Gasteiger partial charge < -0.3 is 0 Å². The van der Waals surface area contributed by atoms with Crippen LogP contribution in [0.15, 0.2) is 28.7 Å². The number of hydrogen-bond acceptors (Lipinski definition) is 2. The smallest absolute Gasteiger partial charge is 0.0635 e. The first-order valence-corrected chi connectivity index (χ1v) is 8.01. The summed E-state index contributed by atoms with van der Waals surface area (Å²) in [7, 11) is 0. The van der Waals surface area contributed by atoms with Crippen LogP contribution in [0.5, 0.6) is 0 Å². The topological polar surface area (TPSA) is 27.0 Å². The molecule has 0 unspecified atom stereocenters. The van der Waals surface area contributed by atoms with E-state index in [4.69, 9.17) is 5.26 Å². The zero-order valence-electron chi connectivity index (χ0n) is 10.2. The van der Waals surface area contributed by atoms with E-state index in [0.717, 1.165) is 36.9 Å². The number of hydrogen-bond donors (Lipinski definition) is 0. The first-order valence-electron chi connectivity index (χ1n) is 6.14. The lowest BCUT2D eigenvalue weighted by molar-refractivity contribution is 0.199. The average Bonchev–Trinajstić information content (AvgIpc) is 2.35. The number of nitrogens with zero attached hydrogens (tertiary/aromatic N) is 2. The molecule has 0 amide bonds. The molecule has 0 atom stereocenters. The number of likely N-dealkylation sites (tertiary alicyclic amines) is 1. The lowest BCUT2D eigenvalue weighted by atomic mass is 9.94. The maximum absolute atomic E-state index is 8.84. The highest BCUT2D eigenvalue weighted by Gasteiger charge is 2.31. The first kappa shape index (κ1) is 14.3. The Morgan fingerprint density at radius 3 is 2.44 bits per heavy atom. The maximum atomic E-state index is 8.84. The van der Waals surface area contributed by atoms with Gasteiger partial charge in [-0.1, -0.05) is 50.7 Å². The van der Waals surface area contributed by atoms with Crippen molar-refractivity contribution in [3.8, 4) is 6.07 Å². The van der Waals surface area contributed by atoms with E-state index < -0.39 is 0 Å². The van der Waals surface area contributed by atoms with E-state index >= 15 is 0 Å². The highest BCUT2D eigenvalue weighted by molar-refractivity contribution is 14.1. The Morgan fingerprint density at radius 1 is 1.28 bits per heavy atom. The molecule has 4 heteroatoms. The van der Waals surface area contributed by atoms with Crippen LogP contribution >= 0.6 is 38.5 Å². The third kappa shape index (κ3) is 3.94. The molecule has 1 heterocycles. The SMILES string of the molecule is N#CCC1(I)CCN(Cc2ccc(Br)cc2)CC1. The molecule has 0 aliphatic carbocycles. The van der Waals surface area contributed by atoms with Crippen molar-refractivity contribution >= 4 is 38.5 Å². The molecule has 1 aromatic carbocycles. The fourth-order valence-electron chi connectivity index (χ4n) is 2.28. The summed E-state index contributed by atoms with van der Waals surface area (Å²) in [5.41, 5.74) is 1.36. The summed E-state index contributed by atoms with van der Waals surface area (Å²) in [6.45, 7) is 3.22. The Bertz CT molecular complexity index is 430. The van der Waals surface area contributed by atoms with Gasteiger partial charge in [-0.25, -0.2) is 0 Å². The van der Waals surface area contributed by atoms with Crippen LogP contribution in [-0.4, -0.2) is 21.4 Å². The highest BCUT2D eigenvalue weighted by Crippen LogP contribution is 2.35. The molecule has 0 aromatic heterocycles. The molecule has 1 aliphatic heterocycles. The van der Waals surface area contributed by atoms with Gasteiger partial charge in [0.25, 0.3) is 0 Å². The molecule has 2 rings (SSSR count). The third-order valence-corrected chi connectivity index (χ3v) is 5.46. The van der Waals surface area contributed by atoms with Crippen LogP contribution in [0.1, 0.15) is 24.8 Å². The summed E-state index contributed by atoms with van der Waals surface area (Å²) in [6.07, 6.45) is 2.93. The molecule has 0 bridgehead atoms. The zero-order chi connectivity index (χ0) is 13.0. The normalized spacial score (nSPS) is 19.4. The van der Waals surface area contributed by atoms with Gasteiger partial charge in [0.05, 0.1) is 6.07 Å². The minimum Gasteiger partial charge on any atom is -0.299 e. The van der Waals surface area contributed by atoms with Crippen molar-refractivity contribution in [2.75, 3.05) is 13.1 Å². The number of rotatable bonds is 3. The second kappa shape index (κ2) is 6.36. The number of nitriles is 1. The van der Waals surface area contributed by atoms with Gasteiger partial charge in [0, 0.05) is 20.9 Å². The van der Waals surface area contributed by atoms with Crippen molar-refractivity contribution < 1.29 is 0 Å². The second-order valence-electron chi connectivity index (χ2n) is 4.89. The average molecular weight is 419 g/mol. The van der Waals surface area contributed by atoms with Crippen LogP contribution < -0.4 is 0 Å². The monoisotopic (exact) mass is 418 g/mol. The second-order valence-corrected chi connectivity index (χ2v) is 8.09. The molecular weight excluding hydrogens is 403 g/mol. The first-order chi connectivity index (χ1) is 8.61. The minimum absolute atomic E-state index is 0.211. The molecule has 2 nitrogen and oxygen atoms in total. The van der Waals surface area contributed by atoms with Gasteiger partial charge in [-0.15, -0.1) is 0 Å². The molecule has 1 fully saturated rings. The molecule has 1 aliphatic rings. The summed E-state index contributed by atoms with van der Waals surface area (Å²) in [4.78, 5) is 2.48. The van der Waals surface area contributed by atoms with Crippen LogP contribution in [-0.2, 0) is 6.54 Å². The number of alkyl halides is 1. The van der Waals surface area contributed by atoms with Crippen molar-refractivity contribution in [2.24, 2.45) is 0 Å². The summed E-state index contributed by atoms with van der Waals surface area (Å²) in [6, 6.07) is 10.9. The highest BCUT2D eigenvalue weighted by atomic mass is 127. The Hall–Kier alpha value is -0.120. The van der Waals surface area contributed by atoms with Crippen molar-refractivity contribution in [3.05, 3.63) is 34.3 Å². The number of benzene rings is 1. The van der Waals surface area contributed by atoms with E-state index in [9.17, 15) is 0 Å². The molecule has 0 saturated carbocycles. The predicted molar refractivity (Wildman–Crippen MR) is 85.6 cm³/mol. The van der Waals surface area contributed by atoms with Crippen molar-refractivity contribution in [2.45, 2.75) is 29.2 Å². The fraction of sp³-hybridized carbons (Fsp3) is 0.500. The van der Waals surface area contributed by atoms with E-state index in [1.165, 1.54) is 5.56 Å².